The predicted molar refractivity (Wildman–Crippen MR) is 109 cm³/mol. The summed E-state index contributed by atoms with van der Waals surface area (Å²) in [5, 5.41) is 13.3. The number of benzene rings is 2. The van der Waals surface area contributed by atoms with Crippen LogP contribution in [-0.2, 0) is 10.0 Å². The topological polar surface area (TPSA) is 89.2 Å². The third-order valence-electron chi connectivity index (χ3n) is 4.10. The van der Waals surface area contributed by atoms with Gasteiger partial charge in [-0.1, -0.05) is 42.0 Å². The highest BCUT2D eigenvalue weighted by molar-refractivity contribution is 7.95. The number of aromatic nitrogens is 4. The highest BCUT2D eigenvalue weighted by Gasteiger charge is 2.08. The van der Waals surface area contributed by atoms with Gasteiger partial charge in [-0.2, -0.15) is 9.61 Å². The molecular formula is C20H17N5O2S. The predicted octanol–water partition coefficient (Wildman–Crippen LogP) is 3.51. The third kappa shape index (κ3) is 4.07. The van der Waals surface area contributed by atoms with Crippen molar-refractivity contribution in [2.75, 3.05) is 4.72 Å². The molecule has 7 nitrogen and oxygen atoms in total. The number of hydrogen-bond acceptors (Lipinski definition) is 5. The molecule has 0 saturated carbocycles. The Kier molecular flexibility index (Phi) is 4.62. The van der Waals surface area contributed by atoms with E-state index < -0.39 is 10.0 Å². The van der Waals surface area contributed by atoms with Gasteiger partial charge in [0, 0.05) is 11.3 Å². The molecule has 28 heavy (non-hydrogen) atoms. The van der Waals surface area contributed by atoms with Crippen LogP contribution in [0.25, 0.3) is 23.0 Å². The Morgan fingerprint density at radius 3 is 2.68 bits per heavy atom. The van der Waals surface area contributed by atoms with Crippen molar-refractivity contribution < 1.29 is 8.42 Å². The van der Waals surface area contributed by atoms with Crippen LogP contribution in [0, 0.1) is 6.92 Å². The molecule has 0 spiro atoms. The summed E-state index contributed by atoms with van der Waals surface area (Å²) in [7, 11) is -3.64. The van der Waals surface area contributed by atoms with Crippen LogP contribution >= 0.6 is 0 Å². The summed E-state index contributed by atoms with van der Waals surface area (Å²) in [5.74, 6) is 0. The standard InChI is InChI=1S/C20H17N5O2S/c1-15-5-7-16(8-6-15)11-12-28(26,27)24-18-4-2-3-17(13-18)19-9-10-20-22-21-14-25(20)23-19/h2-14,24H,1H3/b12-11+. The van der Waals surface area contributed by atoms with Crippen LogP contribution in [0.5, 0.6) is 0 Å². The molecule has 0 atom stereocenters. The number of fused-ring (bicyclic) bond motifs is 1. The molecule has 0 aliphatic rings. The van der Waals surface area contributed by atoms with Gasteiger partial charge in [0.1, 0.15) is 6.33 Å². The van der Waals surface area contributed by atoms with Gasteiger partial charge >= 0.3 is 0 Å². The summed E-state index contributed by atoms with van der Waals surface area (Å²) in [6, 6.07) is 18.3. The lowest BCUT2D eigenvalue weighted by Gasteiger charge is -2.07. The molecule has 0 aliphatic carbocycles. The van der Waals surface area contributed by atoms with Crippen molar-refractivity contribution >= 4 is 27.4 Å². The normalized spacial score (nSPS) is 11.9. The molecule has 4 rings (SSSR count). The maximum absolute atomic E-state index is 12.4. The van der Waals surface area contributed by atoms with Gasteiger partial charge in [-0.25, -0.2) is 8.42 Å². The molecule has 4 aromatic rings. The van der Waals surface area contributed by atoms with Gasteiger partial charge in [0.2, 0.25) is 0 Å². The van der Waals surface area contributed by atoms with Crippen LogP contribution in [0.4, 0.5) is 5.69 Å². The van der Waals surface area contributed by atoms with E-state index in [1.807, 2.05) is 43.3 Å². The Labute approximate surface area is 162 Å². The van der Waals surface area contributed by atoms with Gasteiger partial charge in [-0.15, -0.1) is 10.2 Å². The number of rotatable bonds is 5. The van der Waals surface area contributed by atoms with Gasteiger partial charge in [0.15, 0.2) is 5.65 Å². The highest BCUT2D eigenvalue weighted by Crippen LogP contribution is 2.22. The molecule has 2 heterocycles. The summed E-state index contributed by atoms with van der Waals surface area (Å²) in [6.07, 6.45) is 3.08. The first kappa shape index (κ1) is 17.9. The van der Waals surface area contributed by atoms with E-state index >= 15 is 0 Å². The Balaban J connectivity index is 1.56. The van der Waals surface area contributed by atoms with Gasteiger partial charge in [-0.05, 0) is 42.8 Å². The van der Waals surface area contributed by atoms with Crippen LogP contribution in [0.15, 0.2) is 72.4 Å². The molecule has 0 bridgehead atoms. The Morgan fingerprint density at radius 1 is 1.04 bits per heavy atom. The number of nitrogens with one attached hydrogen (secondary N) is 1. The monoisotopic (exact) mass is 391 g/mol. The van der Waals surface area contributed by atoms with E-state index in [0.29, 0.717) is 17.0 Å². The van der Waals surface area contributed by atoms with Crippen molar-refractivity contribution in [1.82, 2.24) is 19.8 Å². The fourth-order valence-electron chi connectivity index (χ4n) is 2.67. The summed E-state index contributed by atoms with van der Waals surface area (Å²) < 4.78 is 28.9. The first-order valence-electron chi connectivity index (χ1n) is 8.54. The quantitative estimate of drug-likeness (QED) is 0.562. The molecule has 0 saturated heterocycles. The summed E-state index contributed by atoms with van der Waals surface area (Å²) in [5.41, 5.74) is 4.49. The van der Waals surface area contributed by atoms with Crippen molar-refractivity contribution in [3.63, 3.8) is 0 Å². The molecule has 140 valence electrons. The molecule has 0 amide bonds. The summed E-state index contributed by atoms with van der Waals surface area (Å²) in [4.78, 5) is 0. The van der Waals surface area contributed by atoms with Gasteiger partial charge in [0.25, 0.3) is 10.0 Å². The van der Waals surface area contributed by atoms with Crippen molar-refractivity contribution in [1.29, 1.82) is 0 Å². The smallest absolute Gasteiger partial charge is 0.255 e. The second-order valence-corrected chi connectivity index (χ2v) is 7.86. The van der Waals surface area contributed by atoms with E-state index in [4.69, 9.17) is 0 Å². The minimum absolute atomic E-state index is 0.455. The van der Waals surface area contributed by atoms with Gasteiger partial charge in [-0.3, -0.25) is 4.72 Å². The lowest BCUT2D eigenvalue weighted by Crippen LogP contribution is -2.08. The molecule has 0 aliphatic heterocycles. The zero-order chi connectivity index (χ0) is 19.6. The van der Waals surface area contributed by atoms with Crippen LogP contribution in [-0.4, -0.2) is 28.2 Å². The summed E-state index contributed by atoms with van der Waals surface area (Å²) in [6.45, 7) is 1.98. The van der Waals surface area contributed by atoms with Gasteiger partial charge < -0.3 is 0 Å². The largest absolute Gasteiger partial charge is 0.280 e. The molecule has 2 aromatic heterocycles. The van der Waals surface area contributed by atoms with E-state index in [-0.39, 0.29) is 0 Å². The Hall–Kier alpha value is -3.52. The van der Waals surface area contributed by atoms with Crippen molar-refractivity contribution in [2.45, 2.75) is 6.92 Å². The highest BCUT2D eigenvalue weighted by atomic mass is 32.2. The Bertz CT molecular complexity index is 1260. The SMILES string of the molecule is Cc1ccc(/C=C/S(=O)(=O)Nc2cccc(-c3ccc4nncn4n3)c2)cc1. The van der Waals surface area contributed by atoms with Crippen LogP contribution in [0.3, 0.4) is 0 Å². The number of nitrogens with zero attached hydrogens (tertiary/aromatic N) is 4. The lowest BCUT2D eigenvalue weighted by molar-refractivity contribution is 0.609. The van der Waals surface area contributed by atoms with E-state index in [1.165, 1.54) is 6.33 Å². The molecule has 0 unspecified atom stereocenters. The van der Waals surface area contributed by atoms with Crippen LogP contribution in [0.1, 0.15) is 11.1 Å². The van der Waals surface area contributed by atoms with Gasteiger partial charge in [0.05, 0.1) is 11.1 Å². The van der Waals surface area contributed by atoms with Crippen molar-refractivity contribution in [2.24, 2.45) is 0 Å². The van der Waals surface area contributed by atoms with E-state index in [0.717, 1.165) is 22.1 Å². The maximum Gasteiger partial charge on any atom is 0.255 e. The second kappa shape index (κ2) is 7.24. The molecule has 0 radical (unpaired) electrons. The second-order valence-electron chi connectivity index (χ2n) is 6.29. The summed E-state index contributed by atoms with van der Waals surface area (Å²) >= 11 is 0. The molecule has 8 heteroatoms. The fraction of sp³-hybridized carbons (Fsp3) is 0.0500. The average Bonchev–Trinajstić information content (AvgIpc) is 3.15. The molecular weight excluding hydrogens is 374 g/mol. The zero-order valence-electron chi connectivity index (χ0n) is 15.0. The minimum atomic E-state index is -3.64. The van der Waals surface area contributed by atoms with Crippen molar-refractivity contribution in [3.05, 3.63) is 83.5 Å². The number of anilines is 1. The number of hydrogen-bond donors (Lipinski definition) is 1. The first-order valence-corrected chi connectivity index (χ1v) is 10.1. The fourth-order valence-corrected chi connectivity index (χ4v) is 3.53. The lowest BCUT2D eigenvalue weighted by atomic mass is 10.1. The molecule has 0 fully saturated rings. The number of sulfonamides is 1. The maximum atomic E-state index is 12.4. The number of aryl methyl sites for hydroxylation is 1. The minimum Gasteiger partial charge on any atom is -0.280 e. The average molecular weight is 391 g/mol. The van der Waals surface area contributed by atoms with E-state index in [1.54, 1.807) is 34.9 Å². The zero-order valence-corrected chi connectivity index (χ0v) is 15.8. The van der Waals surface area contributed by atoms with Crippen LogP contribution in [0.2, 0.25) is 0 Å². The van der Waals surface area contributed by atoms with Crippen molar-refractivity contribution in [3.8, 4) is 11.3 Å². The third-order valence-corrected chi connectivity index (χ3v) is 5.11. The van der Waals surface area contributed by atoms with E-state index in [2.05, 4.69) is 20.0 Å². The Morgan fingerprint density at radius 2 is 1.86 bits per heavy atom. The molecule has 2 aromatic carbocycles. The first-order chi connectivity index (χ1) is 13.5. The molecule has 1 N–H and O–H groups in total. The van der Waals surface area contributed by atoms with E-state index in [9.17, 15) is 8.42 Å². The van der Waals surface area contributed by atoms with Crippen LogP contribution < -0.4 is 4.72 Å².